The molecule has 0 fully saturated rings. The third-order valence-corrected chi connectivity index (χ3v) is 5.58. The van der Waals surface area contributed by atoms with E-state index in [1.807, 2.05) is 0 Å². The van der Waals surface area contributed by atoms with Gasteiger partial charge in [0.05, 0.1) is 17.7 Å². The number of methoxy groups -OCH3 is 1. The normalized spacial score (nSPS) is 10.6. The maximum Gasteiger partial charge on any atom is 0.269 e. The molecule has 1 aromatic heterocycles. The fraction of sp³-hybridized carbons (Fsp3) is 0.0800. The van der Waals surface area contributed by atoms with Gasteiger partial charge in [0.25, 0.3) is 11.2 Å². The number of nitrogens with zero attached hydrogens (tertiary/aromatic N) is 2. The molecule has 0 saturated carbocycles. The van der Waals surface area contributed by atoms with Gasteiger partial charge in [-0.05, 0) is 59.7 Å². The Morgan fingerprint density at radius 2 is 1.68 bits per heavy atom. The van der Waals surface area contributed by atoms with Crippen LogP contribution in [0.15, 0.2) is 83.7 Å². The van der Waals surface area contributed by atoms with Crippen LogP contribution in [0.25, 0.3) is 16.8 Å². The lowest BCUT2D eigenvalue weighted by Gasteiger charge is -2.18. The monoisotopic (exact) mass is 477 g/mol. The predicted octanol–water partition coefficient (Wildman–Crippen LogP) is 5.39. The standard InChI is InChI=1S/C25H20ClN3O5/c1-34-21-12-2-16(3-13-21)22-14-24(30)28(19-8-4-17(26)5-9-19)25(31)23(22)15-27-18-6-10-20(11-7-18)29(32)33/h2-14,27,31H,15H2,1H3. The van der Waals surface area contributed by atoms with Crippen LogP contribution in [0.4, 0.5) is 11.4 Å². The molecule has 1 heterocycles. The number of hydrogen-bond acceptors (Lipinski definition) is 6. The van der Waals surface area contributed by atoms with Crippen molar-refractivity contribution in [2.45, 2.75) is 6.54 Å². The lowest BCUT2D eigenvalue weighted by atomic mass is 10.00. The van der Waals surface area contributed by atoms with Gasteiger partial charge < -0.3 is 15.2 Å². The van der Waals surface area contributed by atoms with E-state index in [4.69, 9.17) is 16.3 Å². The van der Waals surface area contributed by atoms with Crippen molar-refractivity contribution in [3.63, 3.8) is 0 Å². The van der Waals surface area contributed by atoms with E-state index in [9.17, 15) is 20.0 Å². The summed E-state index contributed by atoms with van der Waals surface area (Å²) in [5, 5.41) is 25.8. The van der Waals surface area contributed by atoms with E-state index in [1.165, 1.54) is 22.8 Å². The average Bonchev–Trinajstić information content (AvgIpc) is 2.84. The van der Waals surface area contributed by atoms with Gasteiger partial charge in [-0.25, -0.2) is 4.57 Å². The zero-order chi connectivity index (χ0) is 24.2. The Bertz CT molecular complexity index is 1380. The largest absolute Gasteiger partial charge is 0.497 e. The lowest BCUT2D eigenvalue weighted by Crippen LogP contribution is -2.20. The number of non-ortho nitro benzene ring substituents is 1. The lowest BCUT2D eigenvalue weighted by molar-refractivity contribution is -0.384. The number of rotatable bonds is 7. The Hall–Kier alpha value is -4.30. The molecule has 2 N–H and O–H groups in total. The van der Waals surface area contributed by atoms with Gasteiger partial charge in [0.15, 0.2) is 0 Å². The number of halogens is 1. The second-order valence-electron chi connectivity index (χ2n) is 7.40. The quantitative estimate of drug-likeness (QED) is 0.273. The van der Waals surface area contributed by atoms with Crippen LogP contribution in [0, 0.1) is 10.1 Å². The zero-order valence-corrected chi connectivity index (χ0v) is 18.8. The van der Waals surface area contributed by atoms with E-state index in [2.05, 4.69) is 5.32 Å². The molecule has 4 aromatic rings. The van der Waals surface area contributed by atoms with Crippen LogP contribution in [-0.4, -0.2) is 21.7 Å². The van der Waals surface area contributed by atoms with E-state index in [0.29, 0.717) is 33.3 Å². The summed E-state index contributed by atoms with van der Waals surface area (Å²) in [6.07, 6.45) is 0. The van der Waals surface area contributed by atoms with Crippen molar-refractivity contribution in [1.82, 2.24) is 4.57 Å². The van der Waals surface area contributed by atoms with Crippen LogP contribution < -0.4 is 15.6 Å². The summed E-state index contributed by atoms with van der Waals surface area (Å²) in [6, 6.07) is 21.1. The van der Waals surface area contributed by atoms with Gasteiger partial charge in [0.1, 0.15) is 5.75 Å². The summed E-state index contributed by atoms with van der Waals surface area (Å²) < 4.78 is 6.42. The highest BCUT2D eigenvalue weighted by molar-refractivity contribution is 6.30. The fourth-order valence-corrected chi connectivity index (χ4v) is 3.69. The number of anilines is 1. The maximum atomic E-state index is 13.0. The summed E-state index contributed by atoms with van der Waals surface area (Å²) in [5.74, 6) is 0.433. The highest BCUT2D eigenvalue weighted by atomic mass is 35.5. The smallest absolute Gasteiger partial charge is 0.269 e. The van der Waals surface area contributed by atoms with Crippen LogP contribution in [-0.2, 0) is 6.54 Å². The molecule has 0 aliphatic heterocycles. The van der Waals surface area contributed by atoms with Crippen molar-refractivity contribution in [2.75, 3.05) is 12.4 Å². The van der Waals surface area contributed by atoms with Gasteiger partial charge >= 0.3 is 0 Å². The van der Waals surface area contributed by atoms with E-state index in [0.717, 1.165) is 5.56 Å². The van der Waals surface area contributed by atoms with E-state index < -0.39 is 10.5 Å². The summed E-state index contributed by atoms with van der Waals surface area (Å²) >= 11 is 5.98. The summed E-state index contributed by atoms with van der Waals surface area (Å²) in [5.41, 5.74) is 2.38. The van der Waals surface area contributed by atoms with Gasteiger partial charge in [-0.2, -0.15) is 0 Å². The summed E-state index contributed by atoms with van der Waals surface area (Å²) in [6.45, 7) is 0.152. The van der Waals surface area contributed by atoms with Crippen molar-refractivity contribution in [2.24, 2.45) is 0 Å². The number of nitro benzene ring substituents is 1. The summed E-state index contributed by atoms with van der Waals surface area (Å²) in [4.78, 5) is 23.5. The molecule has 9 heteroatoms. The number of nitrogens with one attached hydrogen (secondary N) is 1. The SMILES string of the molecule is COc1ccc(-c2cc(=O)n(-c3ccc(Cl)cc3)c(O)c2CNc2ccc([N+](=O)[O-])cc2)cc1. The van der Waals surface area contributed by atoms with Crippen LogP contribution in [0.3, 0.4) is 0 Å². The number of pyridine rings is 1. The minimum absolute atomic E-state index is 0.0244. The molecule has 0 spiro atoms. The maximum absolute atomic E-state index is 13.0. The highest BCUT2D eigenvalue weighted by Gasteiger charge is 2.18. The molecule has 0 aliphatic carbocycles. The molecule has 0 saturated heterocycles. The van der Waals surface area contributed by atoms with Crippen molar-refractivity contribution < 1.29 is 14.8 Å². The number of ether oxygens (including phenoxy) is 1. The predicted molar refractivity (Wildman–Crippen MR) is 131 cm³/mol. The first-order chi connectivity index (χ1) is 16.4. The number of hydrogen-bond donors (Lipinski definition) is 2. The van der Waals surface area contributed by atoms with Crippen LogP contribution in [0.2, 0.25) is 5.02 Å². The second kappa shape index (κ2) is 9.68. The Morgan fingerprint density at radius 3 is 2.26 bits per heavy atom. The molecule has 4 rings (SSSR count). The summed E-state index contributed by atoms with van der Waals surface area (Å²) in [7, 11) is 1.56. The number of nitro groups is 1. The zero-order valence-electron chi connectivity index (χ0n) is 18.1. The van der Waals surface area contributed by atoms with Crippen molar-refractivity contribution >= 4 is 23.0 Å². The third kappa shape index (κ3) is 4.72. The second-order valence-corrected chi connectivity index (χ2v) is 7.83. The molecule has 0 aliphatic rings. The Balaban J connectivity index is 1.79. The van der Waals surface area contributed by atoms with E-state index in [-0.39, 0.29) is 18.1 Å². The first kappa shape index (κ1) is 22.9. The number of benzene rings is 3. The molecule has 3 aromatic carbocycles. The Morgan fingerprint density at radius 1 is 1.03 bits per heavy atom. The van der Waals surface area contributed by atoms with Crippen molar-refractivity contribution in [3.8, 4) is 28.4 Å². The molecule has 172 valence electrons. The van der Waals surface area contributed by atoms with Gasteiger partial charge in [-0.3, -0.25) is 14.9 Å². The first-order valence-corrected chi connectivity index (χ1v) is 10.6. The molecule has 0 amide bonds. The Kier molecular flexibility index (Phi) is 6.51. The van der Waals surface area contributed by atoms with Gasteiger partial charge in [0, 0.05) is 41.0 Å². The topological polar surface area (TPSA) is 107 Å². The first-order valence-electron chi connectivity index (χ1n) is 10.2. The Labute approximate surface area is 199 Å². The molecule has 0 atom stereocenters. The van der Waals surface area contributed by atoms with Gasteiger partial charge in [-0.15, -0.1) is 0 Å². The fourth-order valence-electron chi connectivity index (χ4n) is 3.57. The molecule has 8 nitrogen and oxygen atoms in total. The molecule has 0 unspecified atom stereocenters. The molecule has 0 radical (unpaired) electrons. The van der Waals surface area contributed by atoms with Crippen LogP contribution >= 0.6 is 11.6 Å². The van der Waals surface area contributed by atoms with Gasteiger partial charge in [0.2, 0.25) is 5.88 Å². The van der Waals surface area contributed by atoms with Crippen molar-refractivity contribution in [1.29, 1.82) is 0 Å². The molecule has 34 heavy (non-hydrogen) atoms. The number of aromatic hydroxyl groups is 1. The van der Waals surface area contributed by atoms with Crippen LogP contribution in [0.1, 0.15) is 5.56 Å². The average molecular weight is 478 g/mol. The van der Waals surface area contributed by atoms with E-state index >= 15 is 0 Å². The van der Waals surface area contributed by atoms with Crippen LogP contribution in [0.5, 0.6) is 11.6 Å². The molecular formula is C25H20ClN3O5. The third-order valence-electron chi connectivity index (χ3n) is 5.33. The van der Waals surface area contributed by atoms with E-state index in [1.54, 1.807) is 67.8 Å². The highest BCUT2D eigenvalue weighted by Crippen LogP contribution is 2.32. The van der Waals surface area contributed by atoms with Gasteiger partial charge in [-0.1, -0.05) is 23.7 Å². The minimum Gasteiger partial charge on any atom is -0.497 e. The number of aromatic nitrogens is 1. The minimum atomic E-state index is -0.473. The van der Waals surface area contributed by atoms with Crippen molar-refractivity contribution in [3.05, 3.63) is 110 Å². The molecule has 0 bridgehead atoms. The molecular weight excluding hydrogens is 458 g/mol.